The molecule has 9 heteroatoms. The van der Waals surface area contributed by atoms with Crippen LogP contribution in [0.4, 0.5) is 0 Å². The lowest BCUT2D eigenvalue weighted by atomic mass is 10.0. The van der Waals surface area contributed by atoms with Crippen LogP contribution in [-0.2, 0) is 0 Å². The number of rotatable bonds is 2. The van der Waals surface area contributed by atoms with Crippen molar-refractivity contribution in [3.05, 3.63) is 48.8 Å². The molecule has 0 saturated heterocycles. The first-order chi connectivity index (χ1) is 6.97. The van der Waals surface area contributed by atoms with Gasteiger partial charge in [-0.05, 0) is 0 Å². The molecule has 0 radical (unpaired) electrons. The van der Waals surface area contributed by atoms with Crippen molar-refractivity contribution in [1.82, 2.24) is 0 Å². The smallest absolute Gasteiger partial charge is 0.337 e. The van der Waals surface area contributed by atoms with E-state index in [0.29, 0.717) is 6.08 Å². The summed E-state index contributed by atoms with van der Waals surface area (Å²) in [6.07, 6.45) is -0.599. The Bertz CT molecular complexity index is 420. The van der Waals surface area contributed by atoms with Gasteiger partial charge in [-0.1, -0.05) is 0 Å². The molecule has 0 spiro atoms. The molecule has 9 nitrogen and oxygen atoms in total. The monoisotopic (exact) mass is 212 g/mol. The zero-order valence-electron chi connectivity index (χ0n) is 7.14. The van der Waals surface area contributed by atoms with Crippen molar-refractivity contribution in [3.8, 4) is 0 Å². The van der Waals surface area contributed by atoms with Crippen LogP contribution in [0.1, 0.15) is 0 Å². The summed E-state index contributed by atoms with van der Waals surface area (Å²) in [5.74, 6) is 0. The van der Waals surface area contributed by atoms with Crippen molar-refractivity contribution >= 4 is 0 Å². The first-order valence-corrected chi connectivity index (χ1v) is 3.69. The molecule has 0 aliphatic heterocycles. The van der Waals surface area contributed by atoms with E-state index in [1.807, 2.05) is 0 Å². The fraction of sp³-hybridized carbons (Fsp3) is 0.333. The molecule has 0 heterocycles. The quantitative estimate of drug-likeness (QED) is 0.336. The van der Waals surface area contributed by atoms with Crippen LogP contribution in [0, 0.1) is 25.6 Å². The molecule has 0 N–H and O–H groups in total. The van der Waals surface area contributed by atoms with Crippen molar-refractivity contribution in [2.75, 3.05) is 0 Å². The molecule has 0 aromatic heterocycles. The van der Waals surface area contributed by atoms with E-state index in [-0.39, 0.29) is 0 Å². The van der Waals surface area contributed by atoms with Gasteiger partial charge >= 0.3 is 6.04 Å². The van der Waals surface area contributed by atoms with Gasteiger partial charge < -0.3 is 5.11 Å². The van der Waals surface area contributed by atoms with Crippen LogP contribution in [0.25, 0.3) is 4.98 Å². The average molecular weight is 212 g/mol. The Morgan fingerprint density at radius 2 is 1.93 bits per heavy atom. The molecule has 0 aromatic carbocycles. The minimum atomic E-state index is -1.94. The fourth-order valence-electron chi connectivity index (χ4n) is 1.08. The van der Waals surface area contributed by atoms with Gasteiger partial charge in [0.15, 0.2) is 0 Å². The van der Waals surface area contributed by atoms with E-state index in [9.17, 15) is 25.3 Å². The lowest BCUT2D eigenvalue weighted by Gasteiger charge is -2.16. The third-order valence-corrected chi connectivity index (χ3v) is 1.79. The van der Waals surface area contributed by atoms with E-state index in [4.69, 9.17) is 5.39 Å². The van der Waals surface area contributed by atoms with Gasteiger partial charge in [-0.3, -0.25) is 20.2 Å². The summed E-state index contributed by atoms with van der Waals surface area (Å²) in [5.41, 5.74) is -1.51. The highest BCUT2D eigenvalue weighted by Gasteiger charge is 2.38. The highest BCUT2D eigenvalue weighted by Crippen LogP contribution is 2.19. The molecule has 1 aliphatic carbocycles. The number of diazo groups is 1. The molecule has 2 atom stereocenters. The molecule has 0 saturated carbocycles. The fourth-order valence-corrected chi connectivity index (χ4v) is 1.08. The first-order valence-electron chi connectivity index (χ1n) is 3.69. The Labute approximate surface area is 82.2 Å². The van der Waals surface area contributed by atoms with E-state index in [1.54, 1.807) is 0 Å². The molecule has 0 fully saturated rings. The van der Waals surface area contributed by atoms with Gasteiger partial charge in [0.05, 0.1) is 28.1 Å². The van der Waals surface area contributed by atoms with Gasteiger partial charge in [0.25, 0.3) is 5.70 Å². The van der Waals surface area contributed by atoms with Crippen LogP contribution in [0.2, 0.25) is 0 Å². The summed E-state index contributed by atoms with van der Waals surface area (Å²) in [6, 6.07) is -1.50. The second-order valence-corrected chi connectivity index (χ2v) is 2.70. The van der Waals surface area contributed by atoms with Crippen LogP contribution in [0.15, 0.2) is 23.5 Å². The maximum absolute atomic E-state index is 11.2. The van der Waals surface area contributed by atoms with Crippen LogP contribution < -0.4 is 5.11 Å². The van der Waals surface area contributed by atoms with Crippen LogP contribution >= 0.6 is 0 Å². The van der Waals surface area contributed by atoms with Crippen molar-refractivity contribution in [1.29, 1.82) is 5.39 Å². The summed E-state index contributed by atoms with van der Waals surface area (Å²) < 4.78 is 0. The van der Waals surface area contributed by atoms with Crippen molar-refractivity contribution in [2.24, 2.45) is 0 Å². The van der Waals surface area contributed by atoms with Crippen LogP contribution in [0.3, 0.4) is 0 Å². The molecule has 0 aromatic rings. The normalized spacial score (nSPS) is 24.8. The highest BCUT2D eigenvalue weighted by molar-refractivity contribution is 5.28. The van der Waals surface area contributed by atoms with Crippen molar-refractivity contribution in [2.45, 2.75) is 12.1 Å². The lowest BCUT2D eigenvalue weighted by Crippen LogP contribution is -2.41. The standard InChI is InChI=1S/C6H4N4O5/c7-8-4-1-3(9(12)13)2-5(6(4)11)10(14)15/h1-2,4,6H. The highest BCUT2D eigenvalue weighted by atomic mass is 16.6. The average Bonchev–Trinajstić information content (AvgIpc) is 2.17. The van der Waals surface area contributed by atoms with Crippen LogP contribution in [0.5, 0.6) is 0 Å². The number of hydrogen-bond donors (Lipinski definition) is 0. The summed E-state index contributed by atoms with van der Waals surface area (Å²) in [6.45, 7) is 0. The van der Waals surface area contributed by atoms with Gasteiger partial charge in [0.1, 0.15) is 4.98 Å². The first kappa shape index (κ1) is 10.7. The number of nitro groups is 2. The van der Waals surface area contributed by atoms with Gasteiger partial charge in [-0.15, -0.1) is 0 Å². The summed E-state index contributed by atoms with van der Waals surface area (Å²) in [7, 11) is 0. The minimum absolute atomic E-state index is 0.569. The largest absolute Gasteiger partial charge is 0.838 e. The second kappa shape index (κ2) is 3.81. The van der Waals surface area contributed by atoms with Crippen molar-refractivity contribution in [3.63, 3.8) is 0 Å². The predicted molar refractivity (Wildman–Crippen MR) is 42.8 cm³/mol. The lowest BCUT2D eigenvalue weighted by molar-refractivity contribution is -0.501. The van der Waals surface area contributed by atoms with E-state index in [1.165, 1.54) is 0 Å². The number of allylic oxidation sites excluding steroid dienone is 1. The van der Waals surface area contributed by atoms with Gasteiger partial charge in [0, 0.05) is 0 Å². The number of nitrogens with zero attached hydrogens (tertiary/aromatic N) is 4. The molecular formula is C6H4N4O5. The molecule has 1 aliphatic rings. The third kappa shape index (κ3) is 1.94. The summed E-state index contributed by atoms with van der Waals surface area (Å²) in [4.78, 5) is 21.3. The third-order valence-electron chi connectivity index (χ3n) is 1.79. The maximum Gasteiger partial charge on any atom is 0.337 e. The van der Waals surface area contributed by atoms with E-state index < -0.39 is 33.4 Å². The SMILES string of the molecule is N#[N+]C1C=C([N+](=O)[O-])C=C([N+](=O)[O-])C1[O-]. The molecule has 0 amide bonds. The predicted octanol–water partition coefficient (Wildman–Crippen LogP) is -0.728. The summed E-state index contributed by atoms with van der Waals surface area (Å²) in [5, 5.41) is 40.3. The molecule has 0 bridgehead atoms. The zero-order chi connectivity index (χ0) is 11.6. The minimum Gasteiger partial charge on any atom is -0.838 e. The van der Waals surface area contributed by atoms with Crippen LogP contribution in [-0.4, -0.2) is 22.0 Å². The molecule has 15 heavy (non-hydrogen) atoms. The van der Waals surface area contributed by atoms with Gasteiger partial charge in [-0.25, -0.2) is 0 Å². The Hall–Kier alpha value is -2.34. The van der Waals surface area contributed by atoms with Gasteiger partial charge in [0.2, 0.25) is 11.1 Å². The topological polar surface area (TPSA) is 137 Å². The second-order valence-electron chi connectivity index (χ2n) is 2.70. The maximum atomic E-state index is 11.2. The Kier molecular flexibility index (Phi) is 2.72. The zero-order valence-corrected chi connectivity index (χ0v) is 7.14. The van der Waals surface area contributed by atoms with E-state index in [2.05, 4.69) is 4.98 Å². The molecule has 78 valence electrons. The molecular weight excluding hydrogens is 208 g/mol. The Morgan fingerprint density at radius 1 is 1.33 bits per heavy atom. The number of hydrogen-bond acceptors (Lipinski definition) is 6. The Balaban J connectivity index is 3.19. The molecule has 2 unspecified atom stereocenters. The Morgan fingerprint density at radius 3 is 2.33 bits per heavy atom. The summed E-state index contributed by atoms with van der Waals surface area (Å²) >= 11 is 0. The van der Waals surface area contributed by atoms with E-state index in [0.717, 1.165) is 6.08 Å². The van der Waals surface area contributed by atoms with Gasteiger partial charge in [-0.2, -0.15) is 0 Å². The van der Waals surface area contributed by atoms with Crippen molar-refractivity contribution < 1.29 is 15.0 Å². The molecule has 1 rings (SSSR count). The van der Waals surface area contributed by atoms with E-state index >= 15 is 0 Å².